The molecular formula is C17H26O2. The number of cyclic esters (lactones) is 1. The second-order valence-electron chi connectivity index (χ2n) is 9.65. The Hall–Kier alpha value is -0.530. The van der Waals surface area contributed by atoms with E-state index in [2.05, 4.69) is 27.7 Å². The lowest BCUT2D eigenvalue weighted by atomic mass is 9.33. The topological polar surface area (TPSA) is 26.3 Å². The van der Waals surface area contributed by atoms with Crippen LogP contribution < -0.4 is 0 Å². The van der Waals surface area contributed by atoms with Crippen molar-refractivity contribution in [2.24, 2.45) is 21.7 Å². The summed E-state index contributed by atoms with van der Waals surface area (Å²) in [7, 11) is 0. The van der Waals surface area contributed by atoms with Crippen molar-refractivity contribution >= 4 is 5.97 Å². The van der Waals surface area contributed by atoms with Gasteiger partial charge in [0, 0.05) is 5.41 Å². The number of esters is 1. The standard InChI is InChI=1S/C17H26O2/c1-13-6-14(2)8-15(3,7-13)11-17(9-13,10-14)16(4)5-12(18)19-16/h5-11H2,1-4H3. The molecule has 5 fully saturated rings. The van der Waals surface area contributed by atoms with Crippen LogP contribution in [-0.2, 0) is 9.53 Å². The van der Waals surface area contributed by atoms with Crippen molar-refractivity contribution in [2.45, 2.75) is 78.2 Å². The number of hydrogen-bond acceptors (Lipinski definition) is 2. The van der Waals surface area contributed by atoms with E-state index in [1.807, 2.05) is 0 Å². The predicted molar refractivity (Wildman–Crippen MR) is 73.6 cm³/mol. The van der Waals surface area contributed by atoms with Crippen LogP contribution in [0.4, 0.5) is 0 Å². The third-order valence-corrected chi connectivity index (χ3v) is 6.80. The molecule has 0 amide bonds. The number of ether oxygens (including phenoxy) is 1. The van der Waals surface area contributed by atoms with Gasteiger partial charge in [-0.3, -0.25) is 4.79 Å². The fraction of sp³-hybridized carbons (Fsp3) is 0.941. The van der Waals surface area contributed by atoms with Crippen LogP contribution in [-0.4, -0.2) is 11.6 Å². The minimum absolute atomic E-state index is 0.0127. The summed E-state index contributed by atoms with van der Waals surface area (Å²) in [6.07, 6.45) is 8.60. The number of carbonyl (C=O) groups excluding carboxylic acids is 1. The molecule has 4 saturated carbocycles. The molecule has 1 saturated heterocycles. The summed E-state index contributed by atoms with van der Waals surface area (Å²) < 4.78 is 5.71. The second kappa shape index (κ2) is 2.89. The summed E-state index contributed by atoms with van der Waals surface area (Å²) in [6.45, 7) is 9.66. The highest BCUT2D eigenvalue weighted by molar-refractivity contribution is 5.77. The molecule has 2 heteroatoms. The van der Waals surface area contributed by atoms with Gasteiger partial charge >= 0.3 is 5.97 Å². The predicted octanol–water partition coefficient (Wildman–Crippen LogP) is 4.08. The lowest BCUT2D eigenvalue weighted by molar-refractivity contribution is -0.279. The molecule has 106 valence electrons. The van der Waals surface area contributed by atoms with Crippen molar-refractivity contribution in [3.8, 4) is 0 Å². The first-order valence-corrected chi connectivity index (χ1v) is 7.81. The van der Waals surface area contributed by atoms with Gasteiger partial charge in [0.15, 0.2) is 0 Å². The average Bonchev–Trinajstić information content (AvgIpc) is 2.06. The van der Waals surface area contributed by atoms with E-state index >= 15 is 0 Å². The Morgan fingerprint density at radius 3 is 1.47 bits per heavy atom. The lowest BCUT2D eigenvalue weighted by Crippen LogP contribution is -2.69. The van der Waals surface area contributed by atoms with Crippen LogP contribution in [0.1, 0.15) is 72.6 Å². The fourth-order valence-corrected chi connectivity index (χ4v) is 7.67. The molecule has 19 heavy (non-hydrogen) atoms. The number of carbonyl (C=O) groups is 1. The summed E-state index contributed by atoms with van der Waals surface area (Å²) in [6, 6.07) is 0. The van der Waals surface area contributed by atoms with Gasteiger partial charge in [-0.2, -0.15) is 0 Å². The molecule has 5 rings (SSSR count). The van der Waals surface area contributed by atoms with Gasteiger partial charge in [-0.25, -0.2) is 0 Å². The quantitative estimate of drug-likeness (QED) is 0.666. The van der Waals surface area contributed by atoms with Gasteiger partial charge in [-0.15, -0.1) is 0 Å². The molecule has 5 aliphatic rings. The van der Waals surface area contributed by atoms with Crippen molar-refractivity contribution < 1.29 is 9.53 Å². The molecule has 2 nitrogen and oxygen atoms in total. The normalized spacial score (nSPS) is 62.8. The Balaban J connectivity index is 1.80. The molecule has 0 spiro atoms. The molecule has 0 aromatic rings. The van der Waals surface area contributed by atoms with Gasteiger partial charge in [0.2, 0.25) is 0 Å². The first-order valence-electron chi connectivity index (χ1n) is 7.81. The monoisotopic (exact) mass is 262 g/mol. The van der Waals surface area contributed by atoms with Crippen molar-refractivity contribution in [1.82, 2.24) is 0 Å². The van der Waals surface area contributed by atoms with Gasteiger partial charge in [-0.1, -0.05) is 20.8 Å². The summed E-state index contributed by atoms with van der Waals surface area (Å²) in [5.74, 6) is 0.0127. The Morgan fingerprint density at radius 1 is 0.789 bits per heavy atom. The SMILES string of the molecule is CC12CC3(C)CC(C)(C1)CC(C1(C)CC(=O)O1)(C2)C3. The van der Waals surface area contributed by atoms with Gasteiger partial charge in [-0.05, 0) is 61.7 Å². The molecule has 0 aromatic heterocycles. The molecule has 1 atom stereocenters. The Labute approximate surface area is 116 Å². The van der Waals surface area contributed by atoms with Gasteiger partial charge in [0.05, 0.1) is 6.42 Å². The van der Waals surface area contributed by atoms with Crippen LogP contribution in [0.2, 0.25) is 0 Å². The minimum atomic E-state index is -0.172. The van der Waals surface area contributed by atoms with E-state index in [9.17, 15) is 4.79 Å². The third-order valence-electron chi connectivity index (χ3n) is 6.80. The van der Waals surface area contributed by atoms with E-state index in [-0.39, 0.29) is 17.0 Å². The van der Waals surface area contributed by atoms with Gasteiger partial charge < -0.3 is 4.74 Å². The van der Waals surface area contributed by atoms with Crippen molar-refractivity contribution in [3.05, 3.63) is 0 Å². The largest absolute Gasteiger partial charge is 0.458 e. The third kappa shape index (κ3) is 1.41. The minimum Gasteiger partial charge on any atom is -0.458 e. The fourth-order valence-electron chi connectivity index (χ4n) is 7.67. The lowest BCUT2D eigenvalue weighted by Gasteiger charge is -2.73. The van der Waals surface area contributed by atoms with Crippen LogP contribution in [0, 0.1) is 21.7 Å². The molecule has 4 aliphatic carbocycles. The van der Waals surface area contributed by atoms with Gasteiger partial charge in [0.25, 0.3) is 0 Å². The van der Waals surface area contributed by atoms with E-state index in [0.29, 0.717) is 22.7 Å². The highest BCUT2D eigenvalue weighted by Gasteiger charge is 2.71. The average molecular weight is 262 g/mol. The highest BCUT2D eigenvalue weighted by Crippen LogP contribution is 2.77. The summed E-state index contributed by atoms with van der Waals surface area (Å²) in [5.41, 5.74) is 1.51. The summed E-state index contributed by atoms with van der Waals surface area (Å²) in [4.78, 5) is 11.4. The smallest absolute Gasteiger partial charge is 0.310 e. The number of rotatable bonds is 1. The van der Waals surface area contributed by atoms with E-state index < -0.39 is 0 Å². The van der Waals surface area contributed by atoms with Crippen LogP contribution in [0.3, 0.4) is 0 Å². The van der Waals surface area contributed by atoms with E-state index in [1.54, 1.807) is 0 Å². The number of hydrogen-bond donors (Lipinski definition) is 0. The van der Waals surface area contributed by atoms with Crippen molar-refractivity contribution in [3.63, 3.8) is 0 Å². The van der Waals surface area contributed by atoms with Crippen molar-refractivity contribution in [1.29, 1.82) is 0 Å². The Kier molecular flexibility index (Phi) is 1.86. The maximum Gasteiger partial charge on any atom is 0.310 e. The van der Waals surface area contributed by atoms with Crippen LogP contribution in [0.5, 0.6) is 0 Å². The zero-order valence-corrected chi connectivity index (χ0v) is 12.8. The highest BCUT2D eigenvalue weighted by atomic mass is 16.6. The zero-order valence-electron chi connectivity index (χ0n) is 12.8. The molecule has 1 unspecified atom stereocenters. The molecular weight excluding hydrogens is 236 g/mol. The molecule has 0 aromatic carbocycles. The van der Waals surface area contributed by atoms with E-state index in [4.69, 9.17) is 4.74 Å². The second-order valence-corrected chi connectivity index (χ2v) is 9.65. The van der Waals surface area contributed by atoms with Crippen LogP contribution in [0.25, 0.3) is 0 Å². The van der Waals surface area contributed by atoms with Crippen LogP contribution in [0.15, 0.2) is 0 Å². The first-order chi connectivity index (χ1) is 8.59. The van der Waals surface area contributed by atoms with E-state index in [0.717, 1.165) is 0 Å². The zero-order chi connectivity index (χ0) is 13.7. The molecule has 0 radical (unpaired) electrons. The van der Waals surface area contributed by atoms with E-state index in [1.165, 1.54) is 38.5 Å². The first kappa shape index (κ1) is 12.2. The Morgan fingerprint density at radius 2 is 1.16 bits per heavy atom. The maximum absolute atomic E-state index is 11.4. The molecule has 4 bridgehead atoms. The maximum atomic E-state index is 11.4. The molecule has 1 heterocycles. The summed E-state index contributed by atoms with van der Waals surface area (Å²) in [5, 5.41) is 0. The molecule has 0 N–H and O–H groups in total. The summed E-state index contributed by atoms with van der Waals surface area (Å²) >= 11 is 0. The Bertz CT molecular complexity index is 416. The van der Waals surface area contributed by atoms with Gasteiger partial charge in [0.1, 0.15) is 5.60 Å². The van der Waals surface area contributed by atoms with Crippen LogP contribution >= 0.6 is 0 Å². The van der Waals surface area contributed by atoms with Crippen molar-refractivity contribution in [2.75, 3.05) is 0 Å². The molecule has 1 aliphatic heterocycles.